The van der Waals surface area contributed by atoms with Gasteiger partial charge in [-0.2, -0.15) is 4.31 Å². The van der Waals surface area contributed by atoms with E-state index >= 15 is 0 Å². The fourth-order valence-electron chi connectivity index (χ4n) is 3.27. The second-order valence-electron chi connectivity index (χ2n) is 6.38. The van der Waals surface area contributed by atoms with Crippen LogP contribution in [0.25, 0.3) is 0 Å². The van der Waals surface area contributed by atoms with Gasteiger partial charge >= 0.3 is 0 Å². The first-order valence-electron chi connectivity index (χ1n) is 7.59. The molecule has 118 valence electrons. The van der Waals surface area contributed by atoms with E-state index in [4.69, 9.17) is 5.73 Å². The Morgan fingerprint density at radius 3 is 2.57 bits per heavy atom. The molecular formula is C16H26N2O2S. The molecule has 21 heavy (non-hydrogen) atoms. The average molecular weight is 310 g/mol. The lowest BCUT2D eigenvalue weighted by molar-refractivity contribution is 0.157. The Labute approximate surface area is 128 Å². The van der Waals surface area contributed by atoms with Crippen LogP contribution >= 0.6 is 0 Å². The van der Waals surface area contributed by atoms with Gasteiger partial charge in [-0.25, -0.2) is 8.42 Å². The molecule has 3 atom stereocenters. The Kier molecular flexibility index (Phi) is 4.76. The number of hydrogen-bond acceptors (Lipinski definition) is 3. The summed E-state index contributed by atoms with van der Waals surface area (Å²) in [6.07, 6.45) is 1.08. The molecule has 5 heteroatoms. The maximum absolute atomic E-state index is 13.1. The Morgan fingerprint density at radius 2 is 1.95 bits per heavy atom. The lowest BCUT2D eigenvalue weighted by Gasteiger charge is -2.40. The van der Waals surface area contributed by atoms with E-state index in [2.05, 4.69) is 13.8 Å². The van der Waals surface area contributed by atoms with Gasteiger partial charge in [-0.3, -0.25) is 0 Å². The van der Waals surface area contributed by atoms with E-state index in [0.29, 0.717) is 29.8 Å². The highest BCUT2D eigenvalue weighted by Gasteiger charge is 2.37. The van der Waals surface area contributed by atoms with E-state index in [1.54, 1.807) is 16.4 Å². The van der Waals surface area contributed by atoms with Gasteiger partial charge in [-0.1, -0.05) is 26.0 Å². The van der Waals surface area contributed by atoms with Gasteiger partial charge in [0.15, 0.2) is 0 Å². The van der Waals surface area contributed by atoms with Crippen LogP contribution in [-0.2, 0) is 16.6 Å². The molecule has 0 bridgehead atoms. The zero-order valence-corrected chi connectivity index (χ0v) is 14.2. The van der Waals surface area contributed by atoms with E-state index in [0.717, 1.165) is 17.5 Å². The first kappa shape index (κ1) is 16.5. The maximum atomic E-state index is 13.1. The molecular weight excluding hydrogens is 284 g/mol. The smallest absolute Gasteiger partial charge is 0.243 e. The molecule has 2 N–H and O–H groups in total. The first-order chi connectivity index (χ1) is 9.78. The predicted octanol–water partition coefficient (Wildman–Crippen LogP) is 2.51. The Morgan fingerprint density at radius 1 is 1.29 bits per heavy atom. The van der Waals surface area contributed by atoms with Crippen LogP contribution in [0.4, 0.5) is 0 Å². The van der Waals surface area contributed by atoms with Crippen LogP contribution in [0.15, 0.2) is 23.1 Å². The summed E-state index contributed by atoms with van der Waals surface area (Å²) in [6.45, 7) is 9.06. The molecule has 0 radical (unpaired) electrons. The molecule has 1 heterocycles. The molecule has 1 aromatic rings. The number of benzene rings is 1. The second-order valence-corrected chi connectivity index (χ2v) is 8.24. The van der Waals surface area contributed by atoms with Crippen molar-refractivity contribution in [3.8, 4) is 0 Å². The SMILES string of the molecule is Cc1c(CN)cccc1S(=O)(=O)N1CC(C)CC(C)C1C. The summed E-state index contributed by atoms with van der Waals surface area (Å²) in [7, 11) is -3.46. The fourth-order valence-corrected chi connectivity index (χ4v) is 5.38. The fraction of sp³-hybridized carbons (Fsp3) is 0.625. The molecule has 0 aromatic heterocycles. The summed E-state index contributed by atoms with van der Waals surface area (Å²) in [6, 6.07) is 5.40. The van der Waals surface area contributed by atoms with Gasteiger partial charge in [-0.15, -0.1) is 0 Å². The lowest BCUT2D eigenvalue weighted by atomic mass is 9.88. The van der Waals surface area contributed by atoms with E-state index < -0.39 is 10.0 Å². The van der Waals surface area contributed by atoms with Crippen LogP contribution in [-0.4, -0.2) is 25.3 Å². The van der Waals surface area contributed by atoms with Crippen LogP contribution in [0, 0.1) is 18.8 Å². The van der Waals surface area contributed by atoms with Crippen molar-refractivity contribution < 1.29 is 8.42 Å². The average Bonchev–Trinajstić information content (AvgIpc) is 2.42. The Bertz CT molecular complexity index is 613. The quantitative estimate of drug-likeness (QED) is 0.933. The van der Waals surface area contributed by atoms with Gasteiger partial charge in [-0.05, 0) is 49.3 Å². The number of piperidine rings is 1. The second kappa shape index (κ2) is 6.07. The predicted molar refractivity (Wildman–Crippen MR) is 85.4 cm³/mol. The van der Waals surface area contributed by atoms with E-state index in [1.807, 2.05) is 19.9 Å². The van der Waals surface area contributed by atoms with Crippen molar-refractivity contribution in [3.05, 3.63) is 29.3 Å². The number of hydrogen-bond donors (Lipinski definition) is 1. The number of sulfonamides is 1. The summed E-state index contributed by atoms with van der Waals surface area (Å²) < 4.78 is 27.8. The van der Waals surface area contributed by atoms with Gasteiger partial charge in [0, 0.05) is 19.1 Å². The monoisotopic (exact) mass is 310 g/mol. The van der Waals surface area contributed by atoms with Crippen molar-refractivity contribution in [1.82, 2.24) is 4.31 Å². The molecule has 1 aromatic carbocycles. The molecule has 0 aliphatic carbocycles. The van der Waals surface area contributed by atoms with E-state index in [1.165, 1.54) is 0 Å². The van der Waals surface area contributed by atoms with Gasteiger partial charge in [0.25, 0.3) is 0 Å². The molecule has 0 amide bonds. The van der Waals surface area contributed by atoms with Gasteiger partial charge in [0.1, 0.15) is 0 Å². The number of nitrogens with two attached hydrogens (primary N) is 1. The zero-order chi connectivity index (χ0) is 15.8. The molecule has 1 fully saturated rings. The molecule has 4 nitrogen and oxygen atoms in total. The number of nitrogens with zero attached hydrogens (tertiary/aromatic N) is 1. The molecule has 1 aliphatic rings. The largest absolute Gasteiger partial charge is 0.326 e. The molecule has 1 aliphatic heterocycles. The van der Waals surface area contributed by atoms with Crippen molar-refractivity contribution >= 4 is 10.0 Å². The molecule has 3 unspecified atom stereocenters. The van der Waals surface area contributed by atoms with Crippen LogP contribution in [0.1, 0.15) is 38.3 Å². The zero-order valence-electron chi connectivity index (χ0n) is 13.3. The highest BCUT2D eigenvalue weighted by molar-refractivity contribution is 7.89. The van der Waals surface area contributed by atoms with Crippen molar-refractivity contribution in [2.45, 2.75) is 51.6 Å². The van der Waals surface area contributed by atoms with Crippen LogP contribution in [0.2, 0.25) is 0 Å². The maximum Gasteiger partial charge on any atom is 0.243 e. The van der Waals surface area contributed by atoms with Crippen molar-refractivity contribution in [2.75, 3.05) is 6.54 Å². The topological polar surface area (TPSA) is 63.4 Å². The first-order valence-corrected chi connectivity index (χ1v) is 9.03. The minimum Gasteiger partial charge on any atom is -0.326 e. The Hall–Kier alpha value is -0.910. The highest BCUT2D eigenvalue weighted by Crippen LogP contribution is 2.33. The summed E-state index contributed by atoms with van der Waals surface area (Å²) in [4.78, 5) is 0.401. The van der Waals surface area contributed by atoms with E-state index in [-0.39, 0.29) is 6.04 Å². The van der Waals surface area contributed by atoms with Gasteiger partial charge < -0.3 is 5.73 Å². The third-order valence-corrected chi connectivity index (χ3v) is 6.84. The summed E-state index contributed by atoms with van der Waals surface area (Å²) in [5.41, 5.74) is 7.37. The molecule has 0 spiro atoms. The third kappa shape index (κ3) is 3.00. The number of rotatable bonds is 3. The molecule has 0 saturated carbocycles. The minimum absolute atomic E-state index is 0.0344. The highest BCUT2D eigenvalue weighted by atomic mass is 32.2. The normalized spacial score (nSPS) is 27.8. The van der Waals surface area contributed by atoms with Gasteiger partial charge in [0.05, 0.1) is 4.90 Å². The molecule has 1 saturated heterocycles. The van der Waals surface area contributed by atoms with Crippen molar-refractivity contribution in [2.24, 2.45) is 17.6 Å². The molecule has 2 rings (SSSR count). The van der Waals surface area contributed by atoms with Crippen LogP contribution < -0.4 is 5.73 Å². The lowest BCUT2D eigenvalue weighted by Crippen LogP contribution is -2.48. The minimum atomic E-state index is -3.46. The van der Waals surface area contributed by atoms with Gasteiger partial charge in [0.2, 0.25) is 10.0 Å². The van der Waals surface area contributed by atoms with Crippen molar-refractivity contribution in [3.63, 3.8) is 0 Å². The summed E-state index contributed by atoms with van der Waals surface area (Å²) in [5, 5.41) is 0. The van der Waals surface area contributed by atoms with Crippen LogP contribution in [0.5, 0.6) is 0 Å². The summed E-state index contributed by atoms with van der Waals surface area (Å²) in [5.74, 6) is 0.769. The standard InChI is InChI=1S/C16H26N2O2S/c1-11-8-12(2)14(4)18(10-11)21(19,20)16-7-5-6-15(9-17)13(16)3/h5-7,11-12,14H,8-10,17H2,1-4H3. The van der Waals surface area contributed by atoms with Crippen LogP contribution in [0.3, 0.4) is 0 Å². The Balaban J connectivity index is 2.47. The van der Waals surface area contributed by atoms with E-state index in [9.17, 15) is 8.42 Å². The third-order valence-electron chi connectivity index (χ3n) is 4.75. The summed E-state index contributed by atoms with van der Waals surface area (Å²) >= 11 is 0. The van der Waals surface area contributed by atoms with Crippen molar-refractivity contribution in [1.29, 1.82) is 0 Å².